The van der Waals surface area contributed by atoms with Gasteiger partial charge in [0.15, 0.2) is 0 Å². The zero-order valence-electron chi connectivity index (χ0n) is 24.1. The van der Waals surface area contributed by atoms with Crippen molar-refractivity contribution < 1.29 is 33.4 Å². The van der Waals surface area contributed by atoms with Gasteiger partial charge in [-0.1, -0.05) is 84.0 Å². The van der Waals surface area contributed by atoms with E-state index in [1.165, 1.54) is 82.8 Å². The number of ether oxygens (including phenoxy) is 5. The Bertz CT molecular complexity index is 713. The number of nitrogens with zero attached hydrogens (tertiary/aromatic N) is 1. The number of nitro groups is 1. The van der Waals surface area contributed by atoms with Crippen molar-refractivity contribution in [2.45, 2.75) is 96.8 Å². The van der Waals surface area contributed by atoms with Gasteiger partial charge in [0.25, 0.3) is 5.69 Å². The van der Waals surface area contributed by atoms with Crippen LogP contribution < -0.4 is 4.74 Å². The lowest BCUT2D eigenvalue weighted by atomic mass is 10.0. The first-order valence-electron chi connectivity index (χ1n) is 14.9. The van der Waals surface area contributed by atoms with Crippen LogP contribution in [0.25, 0.3) is 0 Å². The van der Waals surface area contributed by atoms with Crippen LogP contribution in [0.1, 0.15) is 96.8 Å². The molecule has 0 aromatic heterocycles. The molecular formula is C30H51NO8. The summed E-state index contributed by atoms with van der Waals surface area (Å²) in [6.07, 6.45) is 17.2. The molecule has 1 aromatic carbocycles. The van der Waals surface area contributed by atoms with E-state index in [1.54, 1.807) is 12.1 Å². The molecule has 9 nitrogen and oxygen atoms in total. The summed E-state index contributed by atoms with van der Waals surface area (Å²) >= 11 is 0. The molecule has 0 radical (unpaired) electrons. The van der Waals surface area contributed by atoms with Crippen LogP contribution in [-0.4, -0.2) is 63.7 Å². The van der Waals surface area contributed by atoms with Crippen molar-refractivity contribution in [3.8, 4) is 5.75 Å². The second-order valence-electron chi connectivity index (χ2n) is 9.65. The van der Waals surface area contributed by atoms with Crippen molar-refractivity contribution in [2.24, 2.45) is 0 Å². The van der Waals surface area contributed by atoms with E-state index in [4.69, 9.17) is 23.7 Å². The molecule has 0 fully saturated rings. The molecule has 0 atom stereocenters. The Hall–Kier alpha value is -2.23. The predicted octanol–water partition coefficient (Wildman–Crippen LogP) is 7.05. The predicted molar refractivity (Wildman–Crippen MR) is 152 cm³/mol. The first-order valence-corrected chi connectivity index (χ1v) is 14.9. The number of carbonyl (C=O) groups is 1. The van der Waals surface area contributed by atoms with Gasteiger partial charge in [0, 0.05) is 18.6 Å². The summed E-state index contributed by atoms with van der Waals surface area (Å²) in [6.45, 7) is 5.37. The van der Waals surface area contributed by atoms with Gasteiger partial charge in [0.2, 0.25) is 0 Å². The Labute approximate surface area is 235 Å². The van der Waals surface area contributed by atoms with Gasteiger partial charge in [0.05, 0.1) is 44.6 Å². The fourth-order valence-electron chi connectivity index (χ4n) is 4.00. The van der Waals surface area contributed by atoms with Crippen LogP contribution in [0.15, 0.2) is 24.3 Å². The van der Waals surface area contributed by atoms with E-state index in [2.05, 4.69) is 6.92 Å². The van der Waals surface area contributed by atoms with E-state index in [9.17, 15) is 14.9 Å². The Balaban J connectivity index is 1.75. The second-order valence-corrected chi connectivity index (χ2v) is 9.65. The zero-order valence-corrected chi connectivity index (χ0v) is 24.1. The molecule has 0 N–H and O–H groups in total. The molecule has 0 aliphatic rings. The van der Waals surface area contributed by atoms with Gasteiger partial charge < -0.3 is 23.7 Å². The van der Waals surface area contributed by atoms with Gasteiger partial charge in [-0.2, -0.15) is 0 Å². The number of carbonyl (C=O) groups excluding carboxylic acids is 1. The van der Waals surface area contributed by atoms with Gasteiger partial charge in [-0.15, -0.1) is 0 Å². The molecule has 0 unspecified atom stereocenters. The fraction of sp³-hybridized carbons (Fsp3) is 0.767. The van der Waals surface area contributed by atoms with E-state index >= 15 is 0 Å². The van der Waals surface area contributed by atoms with Crippen molar-refractivity contribution in [1.29, 1.82) is 0 Å². The van der Waals surface area contributed by atoms with E-state index in [-0.39, 0.29) is 18.3 Å². The summed E-state index contributed by atoms with van der Waals surface area (Å²) in [7, 11) is 0. The quantitative estimate of drug-likeness (QED) is 0.0470. The molecule has 0 heterocycles. The van der Waals surface area contributed by atoms with Crippen LogP contribution in [0.2, 0.25) is 0 Å². The second kappa shape index (κ2) is 26.0. The SMILES string of the molecule is CCCCCCCCCCCCCCCC(=O)OCCOCCOCCOCCOc1ccc([N+](=O)[O-])cc1. The minimum absolute atomic E-state index is 0.0287. The molecule has 0 spiro atoms. The van der Waals surface area contributed by atoms with Crippen LogP contribution >= 0.6 is 0 Å². The standard InChI is InChI=1S/C30H51NO8/c1-2-3-4-5-6-7-8-9-10-11-12-13-14-15-30(32)39-27-25-37-23-21-35-20-22-36-24-26-38-29-18-16-28(17-19-29)31(33)34/h16-19H,2-15,20-27H2,1H3. The third-order valence-electron chi connectivity index (χ3n) is 6.26. The highest BCUT2D eigenvalue weighted by atomic mass is 16.6. The number of benzene rings is 1. The zero-order chi connectivity index (χ0) is 28.2. The number of nitro benzene ring substituents is 1. The Morgan fingerprint density at radius 2 is 1.08 bits per heavy atom. The molecule has 224 valence electrons. The summed E-state index contributed by atoms with van der Waals surface area (Å²) in [5.41, 5.74) is 0.0287. The molecule has 0 saturated carbocycles. The topological polar surface area (TPSA) is 106 Å². The van der Waals surface area contributed by atoms with E-state index in [1.807, 2.05) is 0 Å². The summed E-state index contributed by atoms with van der Waals surface area (Å²) in [6, 6.07) is 5.92. The van der Waals surface area contributed by atoms with Gasteiger partial charge in [-0.25, -0.2) is 0 Å². The number of non-ortho nitro benzene ring substituents is 1. The number of esters is 1. The number of unbranched alkanes of at least 4 members (excludes halogenated alkanes) is 12. The molecule has 39 heavy (non-hydrogen) atoms. The maximum absolute atomic E-state index is 11.8. The van der Waals surface area contributed by atoms with Crippen molar-refractivity contribution in [3.63, 3.8) is 0 Å². The number of hydrogen-bond donors (Lipinski definition) is 0. The van der Waals surface area contributed by atoms with Gasteiger partial charge in [0.1, 0.15) is 19.0 Å². The van der Waals surface area contributed by atoms with Crippen LogP contribution in [0.3, 0.4) is 0 Å². The van der Waals surface area contributed by atoms with Gasteiger partial charge >= 0.3 is 5.97 Å². The molecular weight excluding hydrogens is 502 g/mol. The Morgan fingerprint density at radius 3 is 1.56 bits per heavy atom. The van der Waals surface area contributed by atoms with Crippen molar-refractivity contribution in [1.82, 2.24) is 0 Å². The average Bonchev–Trinajstić information content (AvgIpc) is 2.94. The van der Waals surface area contributed by atoms with Gasteiger partial charge in [-0.05, 0) is 18.6 Å². The van der Waals surface area contributed by atoms with Gasteiger partial charge in [-0.3, -0.25) is 14.9 Å². The molecule has 9 heteroatoms. The fourth-order valence-corrected chi connectivity index (χ4v) is 4.00. The third-order valence-corrected chi connectivity index (χ3v) is 6.26. The third kappa shape index (κ3) is 22.3. The first-order chi connectivity index (χ1) is 19.1. The van der Waals surface area contributed by atoms with Crippen molar-refractivity contribution >= 4 is 11.7 Å². The molecule has 1 rings (SSSR count). The summed E-state index contributed by atoms with van der Waals surface area (Å²) in [5, 5.41) is 10.6. The lowest BCUT2D eigenvalue weighted by Crippen LogP contribution is -2.14. The molecule has 0 bridgehead atoms. The summed E-state index contributed by atoms with van der Waals surface area (Å²) < 4.78 is 26.9. The highest BCUT2D eigenvalue weighted by molar-refractivity contribution is 5.69. The van der Waals surface area contributed by atoms with Crippen molar-refractivity contribution in [2.75, 3.05) is 52.9 Å². The minimum Gasteiger partial charge on any atom is -0.491 e. The first kappa shape index (κ1) is 34.8. The lowest BCUT2D eigenvalue weighted by molar-refractivity contribution is -0.384. The highest BCUT2D eigenvalue weighted by Gasteiger charge is 2.05. The summed E-state index contributed by atoms with van der Waals surface area (Å²) in [4.78, 5) is 22.0. The Morgan fingerprint density at radius 1 is 0.641 bits per heavy atom. The largest absolute Gasteiger partial charge is 0.491 e. The van der Waals surface area contributed by atoms with Crippen LogP contribution in [-0.2, 0) is 23.7 Å². The maximum Gasteiger partial charge on any atom is 0.305 e. The Kier molecular flexibility index (Phi) is 23.2. The molecule has 0 aliphatic carbocycles. The van der Waals surface area contributed by atoms with Crippen LogP contribution in [0.5, 0.6) is 5.75 Å². The molecule has 0 saturated heterocycles. The molecule has 0 amide bonds. The van der Waals surface area contributed by atoms with E-state index < -0.39 is 4.92 Å². The molecule has 0 aliphatic heterocycles. The smallest absolute Gasteiger partial charge is 0.305 e. The number of hydrogen-bond acceptors (Lipinski definition) is 8. The maximum atomic E-state index is 11.8. The van der Waals surface area contributed by atoms with Crippen molar-refractivity contribution in [3.05, 3.63) is 34.4 Å². The van der Waals surface area contributed by atoms with E-state index in [0.29, 0.717) is 58.4 Å². The van der Waals surface area contributed by atoms with E-state index in [0.717, 1.165) is 12.8 Å². The summed E-state index contributed by atoms with van der Waals surface area (Å²) in [5.74, 6) is 0.412. The minimum atomic E-state index is -0.450. The average molecular weight is 554 g/mol. The molecule has 1 aromatic rings. The lowest BCUT2D eigenvalue weighted by Gasteiger charge is -2.08. The monoisotopic (exact) mass is 553 g/mol. The number of rotatable bonds is 28. The normalized spacial score (nSPS) is 11.0. The van der Waals surface area contributed by atoms with Crippen LogP contribution in [0, 0.1) is 10.1 Å². The highest BCUT2D eigenvalue weighted by Crippen LogP contribution is 2.17. The van der Waals surface area contributed by atoms with Crippen LogP contribution in [0.4, 0.5) is 5.69 Å².